The third-order valence-electron chi connectivity index (χ3n) is 3.35. The molecule has 0 atom stereocenters. The Labute approximate surface area is 143 Å². The molecular formula is C17H14ClNO5. The number of benzene rings is 2. The van der Waals surface area contributed by atoms with Gasteiger partial charge in [-0.2, -0.15) is 0 Å². The van der Waals surface area contributed by atoms with E-state index in [-0.39, 0.29) is 19.2 Å². The molecule has 2 aromatic carbocycles. The molecular weight excluding hydrogens is 334 g/mol. The number of fused-ring (bicyclic) bond motifs is 1. The minimum absolute atomic E-state index is 0.0871. The van der Waals surface area contributed by atoms with Gasteiger partial charge in [0.1, 0.15) is 5.75 Å². The average molecular weight is 348 g/mol. The molecule has 0 spiro atoms. The minimum atomic E-state index is -0.397. The molecule has 3 rings (SSSR count). The summed E-state index contributed by atoms with van der Waals surface area (Å²) >= 11 is 5.79. The van der Waals surface area contributed by atoms with Crippen molar-refractivity contribution < 1.29 is 23.8 Å². The Kier molecular flexibility index (Phi) is 4.57. The topological polar surface area (TPSA) is 73.9 Å². The number of carbonyl (C=O) groups is 2. The quantitative estimate of drug-likeness (QED) is 0.840. The van der Waals surface area contributed by atoms with Crippen LogP contribution in [-0.4, -0.2) is 25.1 Å². The number of rotatable bonds is 5. The predicted octanol–water partition coefficient (Wildman–Crippen LogP) is 3.29. The van der Waals surface area contributed by atoms with E-state index in [1.54, 1.807) is 36.4 Å². The summed E-state index contributed by atoms with van der Waals surface area (Å²) in [6.45, 7) is 1.30. The molecule has 2 aromatic rings. The normalized spacial score (nSPS) is 11.9. The van der Waals surface area contributed by atoms with E-state index in [1.807, 2.05) is 0 Å². The molecule has 6 nitrogen and oxygen atoms in total. The lowest BCUT2D eigenvalue weighted by molar-refractivity contribution is -0.118. The minimum Gasteiger partial charge on any atom is -0.484 e. The van der Waals surface area contributed by atoms with Gasteiger partial charge in [0.2, 0.25) is 6.79 Å². The third-order valence-corrected chi connectivity index (χ3v) is 3.60. The highest BCUT2D eigenvalue weighted by atomic mass is 35.5. The average Bonchev–Trinajstić information content (AvgIpc) is 3.00. The van der Waals surface area contributed by atoms with Crippen molar-refractivity contribution in [3.8, 4) is 17.2 Å². The summed E-state index contributed by atoms with van der Waals surface area (Å²) < 4.78 is 15.9. The van der Waals surface area contributed by atoms with E-state index >= 15 is 0 Å². The molecule has 0 radical (unpaired) electrons. The number of hydrogen-bond acceptors (Lipinski definition) is 5. The lowest BCUT2D eigenvalue weighted by atomic mass is 10.1. The number of Topliss-reactive ketones (excluding diaryl/α,β-unsaturated/α-hetero) is 1. The van der Waals surface area contributed by atoms with Crippen LogP contribution in [-0.2, 0) is 4.79 Å². The predicted molar refractivity (Wildman–Crippen MR) is 88.1 cm³/mol. The number of anilines is 1. The lowest BCUT2D eigenvalue weighted by Gasteiger charge is -2.11. The number of halogens is 1. The molecule has 24 heavy (non-hydrogen) atoms. The third kappa shape index (κ3) is 3.60. The van der Waals surface area contributed by atoms with Gasteiger partial charge in [0.15, 0.2) is 23.9 Å². The smallest absolute Gasteiger partial charge is 0.262 e. The summed E-state index contributed by atoms with van der Waals surface area (Å²) in [7, 11) is 0. The highest BCUT2D eigenvalue weighted by Crippen LogP contribution is 2.37. The molecule has 0 fully saturated rings. The molecule has 7 heteroatoms. The Hall–Kier alpha value is -2.73. The number of ether oxygens (including phenoxy) is 3. The van der Waals surface area contributed by atoms with Crippen molar-refractivity contribution in [1.29, 1.82) is 0 Å². The molecule has 1 heterocycles. The Bertz CT molecular complexity index is 788. The van der Waals surface area contributed by atoms with Gasteiger partial charge in [-0.15, -0.1) is 0 Å². The van der Waals surface area contributed by atoms with Crippen LogP contribution in [0.2, 0.25) is 5.02 Å². The fraction of sp³-hybridized carbons (Fsp3) is 0.176. The molecule has 1 amide bonds. The fourth-order valence-corrected chi connectivity index (χ4v) is 2.33. The van der Waals surface area contributed by atoms with E-state index in [0.29, 0.717) is 33.5 Å². The van der Waals surface area contributed by atoms with E-state index in [1.165, 1.54) is 6.92 Å². The molecule has 0 aromatic heterocycles. The molecule has 0 bridgehead atoms. The van der Waals surface area contributed by atoms with Crippen molar-refractivity contribution in [2.75, 3.05) is 18.7 Å². The summed E-state index contributed by atoms with van der Waals surface area (Å²) in [5.41, 5.74) is 0.704. The van der Waals surface area contributed by atoms with Gasteiger partial charge in [-0.05, 0) is 37.3 Å². The maximum absolute atomic E-state index is 12.1. The Morgan fingerprint density at radius 2 is 1.83 bits per heavy atom. The zero-order chi connectivity index (χ0) is 17.1. The number of amides is 1. The number of carbonyl (C=O) groups excluding carboxylic acids is 2. The second-order valence-electron chi connectivity index (χ2n) is 5.10. The van der Waals surface area contributed by atoms with Crippen molar-refractivity contribution in [2.24, 2.45) is 0 Å². The van der Waals surface area contributed by atoms with Crippen molar-refractivity contribution >= 4 is 29.0 Å². The summed E-state index contributed by atoms with van der Waals surface area (Å²) in [5, 5.41) is 3.24. The first-order valence-electron chi connectivity index (χ1n) is 7.16. The summed E-state index contributed by atoms with van der Waals surface area (Å²) in [6, 6.07) is 9.79. The molecule has 0 saturated carbocycles. The molecule has 1 aliphatic heterocycles. The lowest BCUT2D eigenvalue weighted by Crippen LogP contribution is -2.21. The Morgan fingerprint density at radius 3 is 2.50 bits per heavy atom. The van der Waals surface area contributed by atoms with Gasteiger partial charge >= 0.3 is 0 Å². The van der Waals surface area contributed by atoms with Crippen LogP contribution in [0.4, 0.5) is 5.69 Å². The number of hydrogen-bond donors (Lipinski definition) is 1. The zero-order valence-electron chi connectivity index (χ0n) is 12.8. The molecule has 0 unspecified atom stereocenters. The van der Waals surface area contributed by atoms with Crippen LogP contribution in [0.3, 0.4) is 0 Å². The first-order valence-corrected chi connectivity index (χ1v) is 7.53. The Balaban J connectivity index is 1.69. The second-order valence-corrected chi connectivity index (χ2v) is 5.53. The maximum atomic E-state index is 12.1. The summed E-state index contributed by atoms with van der Waals surface area (Å²) in [4.78, 5) is 23.8. The standard InChI is InChI=1S/C17H14ClNO5/c1-10(20)13-6-15-16(24-9-23-15)7-14(13)19-17(21)8-22-12-4-2-11(18)3-5-12/h2-7H,8-9H2,1H3,(H,19,21). The number of ketones is 1. The number of nitrogens with one attached hydrogen (secondary N) is 1. The molecule has 1 aliphatic rings. The first-order chi connectivity index (χ1) is 11.5. The van der Waals surface area contributed by atoms with Gasteiger partial charge in [-0.25, -0.2) is 0 Å². The van der Waals surface area contributed by atoms with Gasteiger partial charge in [0, 0.05) is 16.7 Å². The van der Waals surface area contributed by atoms with Gasteiger partial charge in [0.05, 0.1) is 5.69 Å². The van der Waals surface area contributed by atoms with Crippen LogP contribution >= 0.6 is 11.6 Å². The highest BCUT2D eigenvalue weighted by Gasteiger charge is 2.20. The van der Waals surface area contributed by atoms with Crippen molar-refractivity contribution in [3.63, 3.8) is 0 Å². The van der Waals surface area contributed by atoms with Crippen LogP contribution < -0.4 is 19.5 Å². The van der Waals surface area contributed by atoms with Crippen molar-refractivity contribution in [2.45, 2.75) is 6.92 Å². The van der Waals surface area contributed by atoms with Crippen LogP contribution in [0.5, 0.6) is 17.2 Å². The van der Waals surface area contributed by atoms with Crippen molar-refractivity contribution in [3.05, 3.63) is 47.0 Å². The summed E-state index contributed by atoms with van der Waals surface area (Å²) in [5.74, 6) is 0.894. The zero-order valence-corrected chi connectivity index (χ0v) is 13.6. The van der Waals surface area contributed by atoms with Crippen LogP contribution in [0, 0.1) is 0 Å². The monoisotopic (exact) mass is 347 g/mol. The van der Waals surface area contributed by atoms with Gasteiger partial charge in [0.25, 0.3) is 5.91 Å². The molecule has 124 valence electrons. The van der Waals surface area contributed by atoms with E-state index in [4.69, 9.17) is 25.8 Å². The van der Waals surface area contributed by atoms with Crippen LogP contribution in [0.1, 0.15) is 17.3 Å². The van der Waals surface area contributed by atoms with E-state index < -0.39 is 5.91 Å². The van der Waals surface area contributed by atoms with Gasteiger partial charge in [-0.3, -0.25) is 9.59 Å². The Morgan fingerprint density at radius 1 is 1.17 bits per heavy atom. The molecule has 1 N–H and O–H groups in total. The van der Waals surface area contributed by atoms with E-state index in [2.05, 4.69) is 5.32 Å². The molecule has 0 saturated heterocycles. The fourth-order valence-electron chi connectivity index (χ4n) is 2.20. The van der Waals surface area contributed by atoms with Crippen molar-refractivity contribution in [1.82, 2.24) is 0 Å². The molecule has 0 aliphatic carbocycles. The highest BCUT2D eigenvalue weighted by molar-refractivity contribution is 6.30. The largest absolute Gasteiger partial charge is 0.484 e. The van der Waals surface area contributed by atoms with E-state index in [0.717, 1.165) is 0 Å². The maximum Gasteiger partial charge on any atom is 0.262 e. The van der Waals surface area contributed by atoms with E-state index in [9.17, 15) is 9.59 Å². The first kappa shape index (κ1) is 16.1. The van der Waals surface area contributed by atoms with Gasteiger partial charge < -0.3 is 19.5 Å². The summed E-state index contributed by atoms with van der Waals surface area (Å²) in [6.07, 6.45) is 0. The van der Waals surface area contributed by atoms with Gasteiger partial charge in [-0.1, -0.05) is 11.6 Å². The second kappa shape index (κ2) is 6.80. The SMILES string of the molecule is CC(=O)c1cc2c(cc1NC(=O)COc1ccc(Cl)cc1)OCO2. The van der Waals surface area contributed by atoms with Crippen LogP contribution in [0.15, 0.2) is 36.4 Å². The van der Waals surface area contributed by atoms with Crippen LogP contribution in [0.25, 0.3) is 0 Å².